The molecule has 0 spiro atoms. The number of aliphatic hydroxyl groups is 2. The van der Waals surface area contributed by atoms with Crippen molar-refractivity contribution in [3.63, 3.8) is 0 Å². The fraction of sp³-hybridized carbons (Fsp3) is 0.387. The van der Waals surface area contributed by atoms with Crippen LogP contribution in [0.1, 0.15) is 51.0 Å². The van der Waals surface area contributed by atoms with Gasteiger partial charge in [0.25, 0.3) is 0 Å². The van der Waals surface area contributed by atoms with Crippen LogP contribution < -0.4 is 0 Å². The van der Waals surface area contributed by atoms with Crippen LogP contribution in [0.15, 0.2) is 72.9 Å². The molecule has 0 bridgehead atoms. The molecule has 5 heteroatoms. The molecular weight excluding hydrogens is 625 g/mol. The Morgan fingerprint density at radius 1 is 0.889 bits per heavy atom. The van der Waals surface area contributed by atoms with Gasteiger partial charge < -0.3 is 19.8 Å². The Bertz CT molecular complexity index is 1260. The van der Waals surface area contributed by atoms with E-state index in [1.165, 1.54) is 18.4 Å². The number of hydrogen-bond acceptors (Lipinski definition) is 3. The molecule has 4 nitrogen and oxygen atoms in total. The monoisotopic (exact) mass is 660 g/mol. The van der Waals surface area contributed by atoms with Gasteiger partial charge in [0.15, 0.2) is 0 Å². The number of para-hydroxylation sites is 2. The predicted octanol–water partition coefficient (Wildman–Crippen LogP) is 6.36. The van der Waals surface area contributed by atoms with E-state index in [-0.39, 0.29) is 38.2 Å². The summed E-state index contributed by atoms with van der Waals surface area (Å²) in [6.45, 7) is 2.16. The molecule has 0 aliphatic heterocycles. The van der Waals surface area contributed by atoms with Crippen molar-refractivity contribution >= 4 is 10.9 Å². The van der Waals surface area contributed by atoms with Crippen molar-refractivity contribution < 1.29 is 30.3 Å². The molecule has 0 saturated heterocycles. The van der Waals surface area contributed by atoms with Crippen molar-refractivity contribution in [1.29, 1.82) is 0 Å². The Morgan fingerprint density at radius 3 is 2.42 bits per heavy atom. The molecule has 1 radical (unpaired) electrons. The topological polar surface area (TPSA) is 58.3 Å². The Balaban J connectivity index is 0.000000198. The molecule has 2 aromatic carbocycles. The van der Waals surface area contributed by atoms with Gasteiger partial charge >= 0.3 is 0 Å². The summed E-state index contributed by atoms with van der Waals surface area (Å²) in [5, 5.41) is 20.5. The summed E-state index contributed by atoms with van der Waals surface area (Å²) in [6, 6.07) is 26.5. The summed E-state index contributed by atoms with van der Waals surface area (Å²) >= 11 is 0. The largest absolute Gasteiger partial charge is 0.393 e. The second kappa shape index (κ2) is 12.3. The van der Waals surface area contributed by atoms with Gasteiger partial charge in [-0.2, -0.15) is 0 Å². The Morgan fingerprint density at radius 2 is 1.61 bits per heavy atom. The zero-order chi connectivity index (χ0) is 24.2. The van der Waals surface area contributed by atoms with Crippen LogP contribution in [0.5, 0.6) is 0 Å². The molecule has 2 aromatic heterocycles. The van der Waals surface area contributed by atoms with Gasteiger partial charge in [-0.05, 0) is 67.4 Å². The van der Waals surface area contributed by atoms with Gasteiger partial charge in [-0.25, -0.2) is 0 Å². The van der Waals surface area contributed by atoms with Gasteiger partial charge in [0, 0.05) is 43.6 Å². The minimum atomic E-state index is -0.227. The Hall–Kier alpha value is -2.30. The van der Waals surface area contributed by atoms with E-state index >= 15 is 0 Å². The van der Waals surface area contributed by atoms with E-state index < -0.39 is 0 Å². The number of aliphatic hydroxyl groups excluding tert-OH is 2. The molecule has 36 heavy (non-hydrogen) atoms. The third-order valence-electron chi connectivity index (χ3n) is 7.70. The number of aryl methyl sites for hydroxylation is 1. The van der Waals surface area contributed by atoms with E-state index in [1.807, 2.05) is 18.3 Å². The Labute approximate surface area is 227 Å². The van der Waals surface area contributed by atoms with Crippen molar-refractivity contribution in [1.82, 2.24) is 9.55 Å². The minimum absolute atomic E-state index is 0. The second-order valence-corrected chi connectivity index (χ2v) is 9.90. The van der Waals surface area contributed by atoms with Crippen molar-refractivity contribution in [2.24, 2.45) is 11.8 Å². The molecule has 191 valence electrons. The molecule has 2 fully saturated rings. The number of pyridine rings is 1. The molecule has 4 atom stereocenters. The maximum Gasteiger partial charge on any atom is 0.0595 e. The van der Waals surface area contributed by atoms with Crippen LogP contribution in [0.25, 0.3) is 28.0 Å². The van der Waals surface area contributed by atoms with Crippen molar-refractivity contribution in [2.45, 2.75) is 64.1 Å². The van der Waals surface area contributed by atoms with Gasteiger partial charge in [-0.3, -0.25) is 0 Å². The first-order valence-corrected chi connectivity index (χ1v) is 13.1. The maximum absolute atomic E-state index is 9.77. The van der Waals surface area contributed by atoms with Crippen LogP contribution in [0.3, 0.4) is 0 Å². The van der Waals surface area contributed by atoms with Crippen LogP contribution in [0, 0.1) is 17.9 Å². The number of rotatable bonds is 3. The number of nitrogens with zero attached hydrogens (tertiary/aromatic N) is 2. The number of aromatic nitrogens is 2. The van der Waals surface area contributed by atoms with Crippen LogP contribution in [-0.4, -0.2) is 32.0 Å². The first-order chi connectivity index (χ1) is 17.2. The van der Waals surface area contributed by atoms with Gasteiger partial charge in [0.1, 0.15) is 0 Å². The molecule has 4 aromatic rings. The smallest absolute Gasteiger partial charge is 0.0595 e. The fourth-order valence-corrected chi connectivity index (χ4v) is 5.87. The average Bonchev–Trinajstić information content (AvgIpc) is 3.41. The van der Waals surface area contributed by atoms with E-state index in [0.717, 1.165) is 60.1 Å². The van der Waals surface area contributed by atoms with E-state index in [0.29, 0.717) is 5.92 Å². The third kappa shape index (κ3) is 5.65. The molecule has 6 rings (SSSR count). The average molecular weight is 660 g/mol. The normalized spacial score (nSPS) is 23.2. The summed E-state index contributed by atoms with van der Waals surface area (Å²) < 4.78 is 2.23. The van der Waals surface area contributed by atoms with Gasteiger partial charge in [-0.15, -0.1) is 23.6 Å². The number of fused-ring (bicyclic) bond motifs is 2. The van der Waals surface area contributed by atoms with Gasteiger partial charge in [0.05, 0.1) is 12.2 Å². The minimum Gasteiger partial charge on any atom is -0.393 e. The first-order valence-electron chi connectivity index (χ1n) is 13.1. The molecule has 2 saturated carbocycles. The summed E-state index contributed by atoms with van der Waals surface area (Å²) in [4.78, 5) is 4.59. The van der Waals surface area contributed by atoms with Gasteiger partial charge in [-0.1, -0.05) is 61.7 Å². The van der Waals surface area contributed by atoms with E-state index in [9.17, 15) is 10.2 Å². The van der Waals surface area contributed by atoms with E-state index in [1.54, 1.807) is 0 Å². The third-order valence-corrected chi connectivity index (χ3v) is 7.70. The van der Waals surface area contributed by atoms with Crippen LogP contribution in [0.4, 0.5) is 0 Å². The van der Waals surface area contributed by atoms with Crippen molar-refractivity contribution in [3.8, 4) is 17.1 Å². The predicted molar refractivity (Wildman–Crippen MR) is 141 cm³/mol. The van der Waals surface area contributed by atoms with Crippen LogP contribution >= 0.6 is 0 Å². The zero-order valence-electron chi connectivity index (χ0n) is 20.8. The summed E-state index contributed by atoms with van der Waals surface area (Å²) in [6.07, 6.45) is 8.98. The summed E-state index contributed by atoms with van der Waals surface area (Å²) in [5.41, 5.74) is 5.53. The van der Waals surface area contributed by atoms with Crippen LogP contribution in [-0.2, 0) is 26.5 Å². The van der Waals surface area contributed by atoms with E-state index in [4.69, 9.17) is 0 Å². The summed E-state index contributed by atoms with van der Waals surface area (Å²) in [5.74, 6) is 0.810. The molecule has 4 unspecified atom stereocenters. The quantitative estimate of drug-likeness (QED) is 0.252. The van der Waals surface area contributed by atoms with Crippen molar-refractivity contribution in [2.75, 3.05) is 0 Å². The zero-order valence-corrected chi connectivity index (χ0v) is 23.2. The number of benzene rings is 2. The molecule has 2 heterocycles. The second-order valence-electron chi connectivity index (χ2n) is 9.90. The molecule has 0 amide bonds. The fourth-order valence-electron chi connectivity index (χ4n) is 5.87. The molecule has 2 aliphatic rings. The number of hydrogen-bond donors (Lipinski definition) is 2. The Kier molecular flexibility index (Phi) is 9.14. The first kappa shape index (κ1) is 26.8. The molecular formula is C31H35IrN2O2-. The standard InChI is InChI=1S/C21H17N2.C10H18O2.Ir/c1-2-16-12-13-22-19(14-16)21-15-17-8-6-7-11-20(17)23(21)18-9-4-3-5-10-18;11-8-4-2-1-3-7-5-6-9(12)10(7)8;/h3-14H,2H2,1H3;7-12H,1-6H2;/q-1;;. The SMILES string of the molecule is CCc1ccnc(-c2[c-]c3ccccc3n2-c2ccccc2)c1.OC1CCCCC2CCC(O)C12.[Ir]. The molecule has 2 aliphatic carbocycles. The molecule has 2 N–H and O–H groups in total. The van der Waals surface area contributed by atoms with E-state index in [2.05, 4.69) is 77.1 Å². The van der Waals surface area contributed by atoms with Crippen molar-refractivity contribution in [3.05, 3.63) is 84.6 Å². The van der Waals surface area contributed by atoms with Crippen LogP contribution in [0.2, 0.25) is 0 Å². The summed E-state index contributed by atoms with van der Waals surface area (Å²) in [7, 11) is 0. The van der Waals surface area contributed by atoms with Gasteiger partial charge in [0.2, 0.25) is 0 Å². The maximum atomic E-state index is 9.77.